The molecular weight excluding hydrogens is 798 g/mol. The van der Waals surface area contributed by atoms with Gasteiger partial charge in [-0.05, 0) is 25.7 Å². The van der Waals surface area contributed by atoms with Gasteiger partial charge in [0.2, 0.25) is 0 Å². The van der Waals surface area contributed by atoms with Crippen LogP contribution in [0.25, 0.3) is 0 Å². The molecule has 0 amide bonds. The van der Waals surface area contributed by atoms with Crippen molar-refractivity contribution in [1.82, 2.24) is 0 Å². The van der Waals surface area contributed by atoms with E-state index in [9.17, 15) is 114 Å². The molecule has 2 atom stereocenters. The number of allylic oxidation sites excluding steroid dienone is 2. The Bertz CT molecular complexity index is 1090. The van der Waals surface area contributed by atoms with Gasteiger partial charge in [0.1, 0.15) is 0 Å². The van der Waals surface area contributed by atoms with Crippen LogP contribution in [0.1, 0.15) is 25.7 Å². The summed E-state index contributed by atoms with van der Waals surface area (Å²) in [6.45, 7) is 1.92. The Morgan fingerprint density at radius 3 is 0.765 bits per heavy atom. The first-order chi connectivity index (χ1) is 22.1. The van der Waals surface area contributed by atoms with Gasteiger partial charge in [0.15, 0.2) is 0 Å². The summed E-state index contributed by atoms with van der Waals surface area (Å²) in [4.78, 5) is 0. The molecule has 0 aromatic rings. The average molecular weight is 818 g/mol. The first-order valence-corrected chi connectivity index (χ1v) is 12.8. The molecule has 0 N–H and O–H groups in total. The minimum absolute atomic E-state index is 0.135. The zero-order valence-corrected chi connectivity index (χ0v) is 24.2. The molecule has 0 bridgehead atoms. The molecule has 0 saturated carbocycles. The van der Waals surface area contributed by atoms with Crippen LogP contribution in [0.3, 0.4) is 0 Å². The number of rotatable bonds is 20. The van der Waals surface area contributed by atoms with E-state index in [-0.39, 0.29) is 12.2 Å². The summed E-state index contributed by atoms with van der Waals surface area (Å²) in [5, 5.41) is 0. The first-order valence-electron chi connectivity index (χ1n) is 12.8. The summed E-state index contributed by atoms with van der Waals surface area (Å²) < 4.78 is 354. The third kappa shape index (κ3) is 7.68. The van der Waals surface area contributed by atoms with Crippen molar-refractivity contribution in [3.8, 4) is 0 Å². The van der Waals surface area contributed by atoms with Crippen LogP contribution in [0.15, 0.2) is 25.3 Å². The highest BCUT2D eigenvalue weighted by molar-refractivity contribution is 5.13. The van der Waals surface area contributed by atoms with Crippen LogP contribution >= 0.6 is 0 Å². The van der Waals surface area contributed by atoms with Crippen LogP contribution in [0.4, 0.5) is 114 Å². The maximum atomic E-state index is 14.5. The van der Waals surface area contributed by atoms with E-state index in [1.165, 1.54) is 0 Å². The molecule has 0 aromatic carbocycles. The van der Waals surface area contributed by atoms with Crippen LogP contribution in [0.2, 0.25) is 0 Å². The number of halogens is 26. The summed E-state index contributed by atoms with van der Waals surface area (Å²) in [7, 11) is 0. The molecule has 0 fully saturated rings. The van der Waals surface area contributed by atoms with E-state index in [0.29, 0.717) is 0 Å². The zero-order valence-electron chi connectivity index (χ0n) is 24.2. The second kappa shape index (κ2) is 14.5. The van der Waals surface area contributed by atoms with E-state index in [1.54, 1.807) is 0 Å². The van der Waals surface area contributed by atoms with Crippen molar-refractivity contribution in [2.45, 2.75) is 97.3 Å². The molecule has 0 saturated heterocycles. The maximum Gasteiger partial charge on any atom is 0.460 e. The van der Waals surface area contributed by atoms with Crippen molar-refractivity contribution in [3.05, 3.63) is 25.3 Å². The van der Waals surface area contributed by atoms with Crippen LogP contribution in [0.5, 0.6) is 0 Å². The molecule has 0 aliphatic rings. The highest BCUT2D eigenvalue weighted by Gasteiger charge is 2.92. The molecule has 51 heavy (non-hydrogen) atoms. The van der Waals surface area contributed by atoms with E-state index < -0.39 is 122 Å². The van der Waals surface area contributed by atoms with E-state index in [1.807, 2.05) is 0 Å². The van der Waals surface area contributed by atoms with Gasteiger partial charge in [-0.3, -0.25) is 0 Å². The van der Waals surface area contributed by atoms with Crippen LogP contribution < -0.4 is 0 Å². The fourth-order valence-corrected chi connectivity index (χ4v) is 3.93. The van der Waals surface area contributed by atoms with E-state index in [0.717, 1.165) is 0 Å². The van der Waals surface area contributed by atoms with Crippen molar-refractivity contribution in [1.29, 1.82) is 0 Å². The van der Waals surface area contributed by atoms with Gasteiger partial charge in [0.25, 0.3) is 0 Å². The second-order valence-corrected chi connectivity index (χ2v) is 10.5. The molecule has 0 aromatic heterocycles. The highest BCUT2D eigenvalue weighted by Crippen LogP contribution is 2.63. The molecule has 0 aliphatic carbocycles. The molecule has 2 unspecified atom stereocenters. The lowest BCUT2D eigenvalue weighted by atomic mass is 9.84. The normalized spacial score (nSPS) is 17.0. The molecule has 304 valence electrons. The third-order valence-corrected chi connectivity index (χ3v) is 7.06. The minimum Gasteiger partial charge on any atom is -0.381 e. The zero-order chi connectivity index (χ0) is 41.5. The number of alkyl halides is 26. The fourth-order valence-electron chi connectivity index (χ4n) is 3.93. The van der Waals surface area contributed by atoms with Gasteiger partial charge in [-0.15, -0.1) is 13.2 Å². The van der Waals surface area contributed by atoms with Crippen molar-refractivity contribution in [2.75, 3.05) is 13.2 Å². The minimum atomic E-state index is -8.27. The van der Waals surface area contributed by atoms with E-state index in [2.05, 4.69) is 17.9 Å². The Hall–Kier alpha value is -2.38. The number of hydrogen-bond acceptors (Lipinski definition) is 1. The van der Waals surface area contributed by atoms with Gasteiger partial charge in [-0.25, -0.2) is 0 Å². The van der Waals surface area contributed by atoms with Gasteiger partial charge in [0.05, 0.1) is 0 Å². The lowest BCUT2D eigenvalue weighted by Crippen LogP contribution is -2.71. The first kappa shape index (κ1) is 48.6. The van der Waals surface area contributed by atoms with Crippen LogP contribution in [-0.4, -0.2) is 84.8 Å². The average Bonchev–Trinajstić information content (AvgIpc) is 2.93. The summed E-state index contributed by atoms with van der Waals surface area (Å²) in [5.41, 5.74) is 0. The molecule has 1 nitrogen and oxygen atoms in total. The third-order valence-electron chi connectivity index (χ3n) is 7.06. The van der Waals surface area contributed by atoms with Gasteiger partial charge in [0, 0.05) is 25.0 Å². The van der Waals surface area contributed by atoms with Gasteiger partial charge < -0.3 is 4.74 Å². The fraction of sp³-hybridized carbons (Fsp3) is 0.833. The monoisotopic (exact) mass is 818 g/mol. The molecule has 27 heteroatoms. The highest BCUT2D eigenvalue weighted by atomic mass is 19.4. The molecule has 0 aliphatic heterocycles. The predicted molar refractivity (Wildman–Crippen MR) is 118 cm³/mol. The van der Waals surface area contributed by atoms with Crippen molar-refractivity contribution < 1.29 is 119 Å². The lowest BCUT2D eigenvalue weighted by Gasteiger charge is -2.42. The Balaban J connectivity index is 6.26. The summed E-state index contributed by atoms with van der Waals surface area (Å²) in [5.74, 6) is -85.2. The van der Waals surface area contributed by atoms with Crippen molar-refractivity contribution >= 4 is 0 Å². The van der Waals surface area contributed by atoms with Crippen LogP contribution in [0, 0.1) is 11.8 Å². The van der Waals surface area contributed by atoms with Gasteiger partial charge in [-0.1, -0.05) is 12.2 Å². The number of hydrogen-bond donors (Lipinski definition) is 0. The molecular formula is C24H20F26O. The molecule has 0 rings (SSSR count). The smallest absolute Gasteiger partial charge is 0.381 e. The Morgan fingerprint density at radius 1 is 0.353 bits per heavy atom. The lowest BCUT2D eigenvalue weighted by molar-refractivity contribution is -0.443. The Labute approximate surface area is 267 Å². The molecule has 0 radical (unpaired) electrons. The summed E-state index contributed by atoms with van der Waals surface area (Å²) >= 11 is 0. The van der Waals surface area contributed by atoms with Crippen molar-refractivity contribution in [3.63, 3.8) is 0 Å². The Kier molecular flexibility index (Phi) is 13.8. The van der Waals surface area contributed by atoms with Gasteiger partial charge >= 0.3 is 71.6 Å². The largest absolute Gasteiger partial charge is 0.460 e. The number of ether oxygens (including phenoxy) is 1. The van der Waals surface area contributed by atoms with E-state index >= 15 is 0 Å². The van der Waals surface area contributed by atoms with Crippen molar-refractivity contribution in [2.24, 2.45) is 11.8 Å². The standard InChI is InChI=1S/C24H20F26O/c1-3-5-11(13(25,26)15(29,30)17(33,34)19(37,38)21(41,42)23(45,46)47)7-9-51-10-8-12(6-4-2)14(27,28)16(31,32)18(35,36)20(39,40)22(43,44)24(48,49)50/h3-4,11-12H,1-2,5-10H2. The van der Waals surface area contributed by atoms with E-state index in [4.69, 9.17) is 0 Å². The second-order valence-electron chi connectivity index (χ2n) is 10.5. The topological polar surface area (TPSA) is 9.23 Å². The van der Waals surface area contributed by atoms with Crippen LogP contribution in [-0.2, 0) is 4.74 Å². The summed E-state index contributed by atoms with van der Waals surface area (Å²) in [6.07, 6.45) is -22.4. The molecule has 0 spiro atoms. The quantitative estimate of drug-likeness (QED) is 0.0676. The predicted octanol–water partition coefficient (Wildman–Crippen LogP) is 11.6. The maximum absolute atomic E-state index is 14.5. The molecule has 0 heterocycles. The summed E-state index contributed by atoms with van der Waals surface area (Å²) in [6, 6.07) is 0. The van der Waals surface area contributed by atoms with Gasteiger partial charge in [-0.2, -0.15) is 114 Å². The Morgan fingerprint density at radius 2 is 0.569 bits per heavy atom. The SMILES string of the molecule is C=CCC(CCOCCC(CC=C)C(F)(F)C(F)(F)C(F)(F)C(F)(F)C(F)(F)C(F)(F)F)C(F)(F)C(F)(F)C(F)(F)C(F)(F)C(F)(F)C(F)(F)F.